The molecule has 0 radical (unpaired) electrons. The van der Waals surface area contributed by atoms with Crippen LogP contribution in [-0.4, -0.2) is 38.9 Å². The maximum absolute atomic E-state index is 12.1. The van der Waals surface area contributed by atoms with Crippen molar-refractivity contribution in [3.05, 3.63) is 48.5 Å². The van der Waals surface area contributed by atoms with Gasteiger partial charge < -0.3 is 24.8 Å². The van der Waals surface area contributed by atoms with Crippen LogP contribution < -0.4 is 20.1 Å². The molecule has 0 atom stereocenters. The zero-order chi connectivity index (χ0) is 18.8. The molecule has 0 heterocycles. The van der Waals surface area contributed by atoms with Crippen LogP contribution in [0.1, 0.15) is 13.8 Å². The fourth-order valence-electron chi connectivity index (χ4n) is 2.22. The summed E-state index contributed by atoms with van der Waals surface area (Å²) in [4.78, 5) is 12.1. The predicted octanol–water partition coefficient (Wildman–Crippen LogP) is 3.55. The van der Waals surface area contributed by atoms with E-state index in [9.17, 15) is 4.79 Å². The number of methoxy groups -OCH3 is 1. The number of carbonyl (C=O) groups is 1. The van der Waals surface area contributed by atoms with E-state index in [0.29, 0.717) is 18.9 Å². The number of ether oxygens (including phenoxy) is 3. The molecule has 6 heteroatoms. The van der Waals surface area contributed by atoms with Gasteiger partial charge in [0.25, 0.3) is 0 Å². The van der Waals surface area contributed by atoms with Gasteiger partial charge in [0.05, 0.1) is 19.3 Å². The van der Waals surface area contributed by atoms with E-state index >= 15 is 0 Å². The molecule has 0 aliphatic rings. The van der Waals surface area contributed by atoms with Gasteiger partial charge in [-0.1, -0.05) is 6.07 Å². The normalized spacial score (nSPS) is 10.5. The summed E-state index contributed by atoms with van der Waals surface area (Å²) in [6, 6.07) is 14.8. The summed E-state index contributed by atoms with van der Waals surface area (Å²) < 4.78 is 16.1. The molecule has 0 bridgehead atoms. The first-order valence-electron chi connectivity index (χ1n) is 8.59. The Morgan fingerprint density at radius 3 is 2.46 bits per heavy atom. The van der Waals surface area contributed by atoms with Crippen LogP contribution in [0.2, 0.25) is 0 Å². The molecule has 6 nitrogen and oxygen atoms in total. The summed E-state index contributed by atoms with van der Waals surface area (Å²) >= 11 is 0. The second-order valence-corrected chi connectivity index (χ2v) is 5.96. The SMILES string of the molecule is COCCOc1ccc(NCC(=O)Nc2cccc(OC(C)C)c2)cc1. The minimum Gasteiger partial charge on any atom is -0.491 e. The average Bonchev–Trinajstić information content (AvgIpc) is 2.61. The van der Waals surface area contributed by atoms with E-state index in [4.69, 9.17) is 14.2 Å². The maximum atomic E-state index is 12.1. The van der Waals surface area contributed by atoms with Crippen molar-refractivity contribution in [1.82, 2.24) is 0 Å². The Labute approximate surface area is 154 Å². The molecule has 0 saturated heterocycles. The fraction of sp³-hybridized carbons (Fsp3) is 0.350. The van der Waals surface area contributed by atoms with Crippen molar-refractivity contribution in [2.45, 2.75) is 20.0 Å². The molecule has 0 spiro atoms. The topological polar surface area (TPSA) is 68.8 Å². The van der Waals surface area contributed by atoms with Crippen molar-refractivity contribution in [3.63, 3.8) is 0 Å². The fourth-order valence-corrected chi connectivity index (χ4v) is 2.22. The highest BCUT2D eigenvalue weighted by molar-refractivity contribution is 5.93. The summed E-state index contributed by atoms with van der Waals surface area (Å²) in [5.41, 5.74) is 1.55. The third-order valence-corrected chi connectivity index (χ3v) is 3.35. The minimum absolute atomic E-state index is 0.0871. The van der Waals surface area contributed by atoms with Gasteiger partial charge in [-0.3, -0.25) is 4.79 Å². The highest BCUT2D eigenvalue weighted by Gasteiger charge is 2.05. The van der Waals surface area contributed by atoms with Crippen LogP contribution in [0.3, 0.4) is 0 Å². The van der Waals surface area contributed by atoms with E-state index in [-0.39, 0.29) is 18.6 Å². The Morgan fingerprint density at radius 1 is 1.00 bits per heavy atom. The van der Waals surface area contributed by atoms with Gasteiger partial charge in [0.2, 0.25) is 5.91 Å². The molecule has 0 fully saturated rings. The number of rotatable bonds is 10. The molecule has 2 aromatic rings. The van der Waals surface area contributed by atoms with Crippen molar-refractivity contribution < 1.29 is 19.0 Å². The van der Waals surface area contributed by atoms with Gasteiger partial charge in [0, 0.05) is 24.6 Å². The van der Waals surface area contributed by atoms with Crippen molar-refractivity contribution in [2.75, 3.05) is 37.5 Å². The largest absolute Gasteiger partial charge is 0.491 e. The first-order chi connectivity index (χ1) is 12.6. The first-order valence-corrected chi connectivity index (χ1v) is 8.59. The highest BCUT2D eigenvalue weighted by atomic mass is 16.5. The van der Waals surface area contributed by atoms with Crippen LogP contribution in [0.5, 0.6) is 11.5 Å². The molecular weight excluding hydrogens is 332 g/mol. The summed E-state index contributed by atoms with van der Waals surface area (Å²) in [6.45, 7) is 5.14. The summed E-state index contributed by atoms with van der Waals surface area (Å²) in [7, 11) is 1.63. The van der Waals surface area contributed by atoms with Crippen molar-refractivity contribution in [1.29, 1.82) is 0 Å². The Bertz CT molecular complexity index is 686. The van der Waals surface area contributed by atoms with Crippen LogP contribution in [0, 0.1) is 0 Å². The number of carbonyl (C=O) groups excluding carboxylic acids is 1. The molecular formula is C20H26N2O4. The van der Waals surface area contributed by atoms with Gasteiger partial charge >= 0.3 is 0 Å². The predicted molar refractivity (Wildman–Crippen MR) is 103 cm³/mol. The van der Waals surface area contributed by atoms with E-state index in [2.05, 4.69) is 10.6 Å². The Morgan fingerprint density at radius 2 is 1.77 bits per heavy atom. The van der Waals surface area contributed by atoms with Gasteiger partial charge in [-0.15, -0.1) is 0 Å². The highest BCUT2D eigenvalue weighted by Crippen LogP contribution is 2.19. The number of hydrogen-bond acceptors (Lipinski definition) is 5. The van der Waals surface area contributed by atoms with E-state index < -0.39 is 0 Å². The lowest BCUT2D eigenvalue weighted by atomic mass is 10.3. The van der Waals surface area contributed by atoms with Crippen LogP contribution in [-0.2, 0) is 9.53 Å². The molecule has 0 saturated carbocycles. The molecule has 1 amide bonds. The first kappa shape index (κ1) is 19.6. The molecule has 2 aromatic carbocycles. The maximum Gasteiger partial charge on any atom is 0.243 e. The zero-order valence-electron chi connectivity index (χ0n) is 15.5. The van der Waals surface area contributed by atoms with E-state index in [1.807, 2.05) is 62.4 Å². The lowest BCUT2D eigenvalue weighted by Crippen LogP contribution is -2.21. The Hall–Kier alpha value is -2.73. The van der Waals surface area contributed by atoms with E-state index in [0.717, 1.165) is 17.2 Å². The summed E-state index contributed by atoms with van der Waals surface area (Å²) in [5.74, 6) is 1.36. The molecule has 0 aliphatic heterocycles. The summed E-state index contributed by atoms with van der Waals surface area (Å²) in [5, 5.41) is 5.93. The molecule has 2 rings (SSSR count). The van der Waals surface area contributed by atoms with Crippen LogP contribution in [0.4, 0.5) is 11.4 Å². The third-order valence-electron chi connectivity index (χ3n) is 3.35. The number of nitrogens with one attached hydrogen (secondary N) is 2. The van der Waals surface area contributed by atoms with Gasteiger partial charge in [0.1, 0.15) is 18.1 Å². The molecule has 140 valence electrons. The monoisotopic (exact) mass is 358 g/mol. The minimum atomic E-state index is -0.132. The number of anilines is 2. The van der Waals surface area contributed by atoms with Crippen LogP contribution in [0.25, 0.3) is 0 Å². The molecule has 0 unspecified atom stereocenters. The number of hydrogen-bond donors (Lipinski definition) is 2. The number of amides is 1. The third kappa shape index (κ3) is 7.03. The lowest BCUT2D eigenvalue weighted by Gasteiger charge is -2.12. The van der Waals surface area contributed by atoms with E-state index in [1.54, 1.807) is 7.11 Å². The Balaban J connectivity index is 1.79. The van der Waals surface area contributed by atoms with Crippen molar-refractivity contribution in [3.8, 4) is 11.5 Å². The molecule has 0 aliphatic carbocycles. The van der Waals surface area contributed by atoms with Gasteiger partial charge in [0.15, 0.2) is 0 Å². The van der Waals surface area contributed by atoms with Crippen LogP contribution in [0.15, 0.2) is 48.5 Å². The smallest absolute Gasteiger partial charge is 0.243 e. The average molecular weight is 358 g/mol. The van der Waals surface area contributed by atoms with Gasteiger partial charge in [-0.2, -0.15) is 0 Å². The van der Waals surface area contributed by atoms with E-state index in [1.165, 1.54) is 0 Å². The Kier molecular flexibility index (Phi) is 7.76. The van der Waals surface area contributed by atoms with Gasteiger partial charge in [-0.25, -0.2) is 0 Å². The number of benzene rings is 2. The van der Waals surface area contributed by atoms with Crippen LogP contribution >= 0.6 is 0 Å². The molecule has 0 aromatic heterocycles. The summed E-state index contributed by atoms with van der Waals surface area (Å²) in [6.07, 6.45) is 0.0871. The van der Waals surface area contributed by atoms with Gasteiger partial charge in [-0.05, 0) is 50.2 Å². The second kappa shape index (κ2) is 10.3. The van der Waals surface area contributed by atoms with Crippen molar-refractivity contribution >= 4 is 17.3 Å². The lowest BCUT2D eigenvalue weighted by molar-refractivity contribution is -0.114. The quantitative estimate of drug-likeness (QED) is 0.636. The second-order valence-electron chi connectivity index (χ2n) is 5.96. The molecule has 26 heavy (non-hydrogen) atoms. The van der Waals surface area contributed by atoms with Crippen molar-refractivity contribution in [2.24, 2.45) is 0 Å². The zero-order valence-corrected chi connectivity index (χ0v) is 15.5. The standard InChI is InChI=1S/C20H26N2O4/c1-15(2)26-19-6-4-5-17(13-19)22-20(23)14-21-16-7-9-18(10-8-16)25-12-11-24-3/h4-10,13,15,21H,11-12,14H2,1-3H3,(H,22,23). The molecule has 2 N–H and O–H groups in total.